The second-order valence-corrected chi connectivity index (χ2v) is 11.4. The Hall–Kier alpha value is -4.02. The number of halogens is 3. The summed E-state index contributed by atoms with van der Waals surface area (Å²) in [6.07, 6.45) is -0.0835. The van der Waals surface area contributed by atoms with Crippen molar-refractivity contribution in [2.24, 2.45) is 5.92 Å². The van der Waals surface area contributed by atoms with Crippen molar-refractivity contribution in [1.82, 2.24) is 15.1 Å². The van der Waals surface area contributed by atoms with Crippen LogP contribution in [-0.4, -0.2) is 41.5 Å². The molecule has 0 unspecified atom stereocenters. The normalized spacial score (nSPS) is 19.3. The van der Waals surface area contributed by atoms with E-state index in [0.717, 1.165) is 17.5 Å². The molecule has 0 radical (unpaired) electrons. The molecular formula is C31H33F3N4O4. The Kier molecular flexibility index (Phi) is 7.36. The molecule has 1 fully saturated rings. The zero-order valence-corrected chi connectivity index (χ0v) is 23.4. The summed E-state index contributed by atoms with van der Waals surface area (Å²) in [6, 6.07) is 12.3. The van der Waals surface area contributed by atoms with Gasteiger partial charge in [-0.15, -0.1) is 0 Å². The molecule has 1 atom stereocenters. The maximum absolute atomic E-state index is 13.7. The van der Waals surface area contributed by atoms with E-state index >= 15 is 0 Å². The molecule has 1 saturated carbocycles. The molecule has 1 aromatic heterocycles. The molecule has 2 aliphatic carbocycles. The van der Waals surface area contributed by atoms with Crippen molar-refractivity contribution in [3.05, 3.63) is 70.4 Å². The number of carbonyl (C=O) groups is 2. The van der Waals surface area contributed by atoms with Crippen molar-refractivity contribution in [2.75, 3.05) is 19.0 Å². The van der Waals surface area contributed by atoms with Crippen molar-refractivity contribution >= 4 is 17.6 Å². The third-order valence-electron chi connectivity index (χ3n) is 8.39. The molecular weight excluding hydrogens is 549 g/mol. The second kappa shape index (κ2) is 11.0. The van der Waals surface area contributed by atoms with Crippen LogP contribution in [0.5, 0.6) is 11.5 Å². The summed E-state index contributed by atoms with van der Waals surface area (Å²) in [5, 5.41) is 11.0. The largest absolute Gasteiger partial charge is 0.497 e. The monoisotopic (exact) mass is 582 g/mol. The van der Waals surface area contributed by atoms with Crippen LogP contribution >= 0.6 is 0 Å². The van der Waals surface area contributed by atoms with Crippen LogP contribution in [0.3, 0.4) is 0 Å². The number of hydrogen-bond donors (Lipinski definition) is 2. The topological polar surface area (TPSA) is 94.5 Å². The third-order valence-corrected chi connectivity index (χ3v) is 8.39. The van der Waals surface area contributed by atoms with E-state index in [1.165, 1.54) is 12.8 Å². The van der Waals surface area contributed by atoms with Crippen LogP contribution in [0.25, 0.3) is 0 Å². The van der Waals surface area contributed by atoms with Gasteiger partial charge in [-0.1, -0.05) is 18.9 Å². The van der Waals surface area contributed by atoms with E-state index in [-0.39, 0.29) is 24.8 Å². The van der Waals surface area contributed by atoms with Crippen molar-refractivity contribution in [1.29, 1.82) is 0 Å². The van der Waals surface area contributed by atoms with Crippen molar-refractivity contribution in [3.63, 3.8) is 0 Å². The van der Waals surface area contributed by atoms with E-state index in [1.807, 2.05) is 12.1 Å². The Balaban J connectivity index is 1.23. The lowest BCUT2D eigenvalue weighted by molar-refractivity contribution is -0.136. The Morgan fingerprint density at radius 3 is 2.64 bits per heavy atom. The van der Waals surface area contributed by atoms with Gasteiger partial charge < -0.3 is 20.1 Å². The second-order valence-electron chi connectivity index (χ2n) is 11.4. The van der Waals surface area contributed by atoms with Gasteiger partial charge in [-0.05, 0) is 79.1 Å². The highest BCUT2D eigenvalue weighted by molar-refractivity contribution is 6.09. The molecule has 2 amide bonds. The molecule has 11 heteroatoms. The summed E-state index contributed by atoms with van der Waals surface area (Å²) in [5.74, 6) is 1.57. The van der Waals surface area contributed by atoms with Crippen LogP contribution < -0.4 is 20.1 Å². The fourth-order valence-electron chi connectivity index (χ4n) is 6.00. The molecule has 6 rings (SSSR count). The van der Waals surface area contributed by atoms with Gasteiger partial charge in [0.15, 0.2) is 0 Å². The van der Waals surface area contributed by atoms with Crippen molar-refractivity contribution in [2.45, 2.75) is 69.6 Å². The molecule has 1 aliphatic heterocycles. The molecule has 2 N–H and O–H groups in total. The van der Waals surface area contributed by atoms with E-state index in [4.69, 9.17) is 14.6 Å². The highest BCUT2D eigenvalue weighted by atomic mass is 19.4. The van der Waals surface area contributed by atoms with E-state index < -0.39 is 18.1 Å². The van der Waals surface area contributed by atoms with E-state index in [1.54, 1.807) is 42.1 Å². The summed E-state index contributed by atoms with van der Waals surface area (Å²) in [5.41, 5.74) is 2.76. The summed E-state index contributed by atoms with van der Waals surface area (Å²) in [7, 11) is 1.56. The first-order valence-electron chi connectivity index (χ1n) is 14.3. The van der Waals surface area contributed by atoms with Crippen LogP contribution in [0.1, 0.15) is 76.1 Å². The zero-order valence-electron chi connectivity index (χ0n) is 23.4. The number of methoxy groups -OCH3 is 1. The number of nitrogens with one attached hydrogen (secondary N) is 2. The minimum Gasteiger partial charge on any atom is -0.497 e. The summed E-state index contributed by atoms with van der Waals surface area (Å²) in [4.78, 5) is 26.9. The minimum absolute atomic E-state index is 0.0210. The molecule has 8 nitrogen and oxygen atoms in total. The molecule has 42 heavy (non-hydrogen) atoms. The van der Waals surface area contributed by atoms with Crippen molar-refractivity contribution < 1.29 is 32.2 Å². The lowest BCUT2D eigenvalue weighted by Gasteiger charge is -2.35. The lowest BCUT2D eigenvalue weighted by atomic mass is 9.82. The van der Waals surface area contributed by atoms with Gasteiger partial charge in [-0.25, -0.2) is 4.68 Å². The molecule has 2 aromatic carbocycles. The number of rotatable bonds is 10. The van der Waals surface area contributed by atoms with Crippen LogP contribution in [-0.2, 0) is 24.9 Å². The number of aryl methyl sites for hydroxylation is 2. The van der Waals surface area contributed by atoms with Crippen LogP contribution in [0.2, 0.25) is 0 Å². The number of aromatic nitrogens is 2. The van der Waals surface area contributed by atoms with Gasteiger partial charge in [0.25, 0.3) is 11.8 Å². The number of anilines is 1. The van der Waals surface area contributed by atoms with Crippen LogP contribution in [0.15, 0.2) is 42.5 Å². The predicted molar refractivity (Wildman–Crippen MR) is 149 cm³/mol. The Morgan fingerprint density at radius 1 is 1.17 bits per heavy atom. The predicted octanol–water partition coefficient (Wildman–Crippen LogP) is 5.79. The van der Waals surface area contributed by atoms with E-state index in [0.29, 0.717) is 65.9 Å². The summed E-state index contributed by atoms with van der Waals surface area (Å²) >= 11 is 0. The average Bonchev–Trinajstić information content (AvgIpc) is 3.65. The fraction of sp³-hybridized carbons (Fsp3) is 0.452. The minimum atomic E-state index is -4.20. The van der Waals surface area contributed by atoms with E-state index in [9.17, 15) is 22.8 Å². The van der Waals surface area contributed by atoms with Gasteiger partial charge >= 0.3 is 6.18 Å². The van der Waals surface area contributed by atoms with Crippen LogP contribution in [0.4, 0.5) is 19.0 Å². The van der Waals surface area contributed by atoms with Gasteiger partial charge in [0.05, 0.1) is 24.9 Å². The Labute approximate surface area is 241 Å². The molecule has 2 heterocycles. The highest BCUT2D eigenvalue weighted by Crippen LogP contribution is 2.44. The standard InChI is InChI=1S/C31H33F3N4O4/c1-41-22-7-5-20(6-8-22)28(39)35-27-26-25(37-38(27)15-12-19-3-4-19)18-30(36-29(26)40)14-11-21-17-23(9-10-24(21)30)42-16-2-13-31(32,33)34/h5-10,17,19H,2-4,11-16,18H2,1H3,(H,35,39)(H,36,40)/t30-/m0/s1. The zero-order chi connectivity index (χ0) is 29.5. The number of carbonyl (C=O) groups excluding carboxylic acids is 2. The number of nitrogens with zero attached hydrogens (tertiary/aromatic N) is 2. The molecule has 222 valence electrons. The SMILES string of the molecule is COc1ccc(C(=O)Nc2c3c(nn2CCC2CC2)C[C@]2(CCc4cc(OCCCC(F)(F)F)ccc42)NC3=O)cc1. The number of ether oxygens (including phenoxy) is 2. The number of benzene rings is 2. The molecule has 3 aromatic rings. The summed E-state index contributed by atoms with van der Waals surface area (Å²) in [6.45, 7) is 0.578. The Morgan fingerprint density at radius 2 is 1.93 bits per heavy atom. The van der Waals surface area contributed by atoms with Gasteiger partial charge in [-0.3, -0.25) is 9.59 Å². The maximum Gasteiger partial charge on any atom is 0.389 e. The van der Waals surface area contributed by atoms with Gasteiger partial charge in [-0.2, -0.15) is 18.3 Å². The average molecular weight is 583 g/mol. The highest BCUT2D eigenvalue weighted by Gasteiger charge is 2.46. The van der Waals surface area contributed by atoms with Gasteiger partial charge in [0, 0.05) is 24.9 Å². The first-order valence-corrected chi connectivity index (χ1v) is 14.3. The fourth-order valence-corrected chi connectivity index (χ4v) is 6.00. The number of hydrogen-bond acceptors (Lipinski definition) is 5. The number of amides is 2. The quantitative estimate of drug-likeness (QED) is 0.295. The van der Waals surface area contributed by atoms with E-state index in [2.05, 4.69) is 10.6 Å². The first-order chi connectivity index (χ1) is 20.1. The van der Waals surface area contributed by atoms with Crippen molar-refractivity contribution in [3.8, 4) is 11.5 Å². The molecule has 0 saturated heterocycles. The first kappa shape index (κ1) is 28.1. The van der Waals surface area contributed by atoms with Gasteiger partial charge in [0.2, 0.25) is 0 Å². The number of alkyl halides is 3. The van der Waals surface area contributed by atoms with Gasteiger partial charge in [0.1, 0.15) is 22.9 Å². The smallest absolute Gasteiger partial charge is 0.389 e. The third kappa shape index (κ3) is 5.82. The molecule has 1 spiro atoms. The Bertz CT molecular complexity index is 1500. The molecule has 3 aliphatic rings. The van der Waals surface area contributed by atoms with Crippen LogP contribution in [0, 0.1) is 5.92 Å². The lowest BCUT2D eigenvalue weighted by Crippen LogP contribution is -2.49. The molecule has 0 bridgehead atoms. The summed E-state index contributed by atoms with van der Waals surface area (Å²) < 4.78 is 49.9. The number of fused-ring (bicyclic) bond motifs is 3. The maximum atomic E-state index is 13.7.